The van der Waals surface area contributed by atoms with Crippen LogP contribution < -0.4 is 0 Å². The van der Waals surface area contributed by atoms with E-state index in [1.54, 1.807) is 4.90 Å². The van der Waals surface area contributed by atoms with Gasteiger partial charge in [-0.3, -0.25) is 4.90 Å². The average molecular weight is 622 g/mol. The molecule has 0 aliphatic carbocycles. The van der Waals surface area contributed by atoms with Crippen LogP contribution in [0.4, 0.5) is 4.79 Å². The summed E-state index contributed by atoms with van der Waals surface area (Å²) in [6.45, 7) is 6.38. The van der Waals surface area contributed by atoms with Crippen LogP contribution in [0.5, 0.6) is 0 Å². The zero-order valence-corrected chi connectivity index (χ0v) is 26.7. The highest BCUT2D eigenvalue weighted by Gasteiger charge is 2.56. The van der Waals surface area contributed by atoms with Gasteiger partial charge in [-0.1, -0.05) is 91.0 Å². The Labute approximate surface area is 267 Å². The second-order valence-corrected chi connectivity index (χ2v) is 12.1. The van der Waals surface area contributed by atoms with Crippen molar-refractivity contribution in [3.8, 4) is 0 Å². The number of amides is 1. The molecule has 0 aromatic heterocycles. The first-order valence-electron chi connectivity index (χ1n) is 15.5. The molecule has 5 atom stereocenters. The third-order valence-electron chi connectivity index (χ3n) is 7.49. The molecule has 1 heterocycles. The summed E-state index contributed by atoms with van der Waals surface area (Å²) in [6, 6.07) is 28.3. The molecule has 9 nitrogen and oxygen atoms in total. The maximum absolute atomic E-state index is 14.1. The Kier molecular flexibility index (Phi) is 13.4. The van der Waals surface area contributed by atoms with E-state index >= 15 is 0 Å². The van der Waals surface area contributed by atoms with Gasteiger partial charge in [0.25, 0.3) is 0 Å². The van der Waals surface area contributed by atoms with Crippen molar-refractivity contribution in [3.63, 3.8) is 0 Å². The van der Waals surface area contributed by atoms with Crippen molar-refractivity contribution in [2.75, 3.05) is 27.1 Å². The Morgan fingerprint density at radius 1 is 0.800 bits per heavy atom. The number of aliphatic hydroxyl groups is 1. The number of carbonyl (C=O) groups is 1. The van der Waals surface area contributed by atoms with Gasteiger partial charge in [0, 0.05) is 13.7 Å². The predicted molar refractivity (Wildman–Crippen MR) is 170 cm³/mol. The van der Waals surface area contributed by atoms with Gasteiger partial charge in [0.2, 0.25) is 0 Å². The minimum Gasteiger partial charge on any atom is -0.444 e. The number of methoxy groups -OCH3 is 1. The number of nitrogens with zero attached hydrogens (tertiary/aromatic N) is 1. The molecule has 0 saturated carbocycles. The van der Waals surface area contributed by atoms with E-state index in [0.29, 0.717) is 13.2 Å². The van der Waals surface area contributed by atoms with Crippen molar-refractivity contribution < 1.29 is 38.3 Å². The number of rotatable bonds is 16. The average Bonchev–Trinajstić information content (AvgIpc) is 3.34. The van der Waals surface area contributed by atoms with Gasteiger partial charge in [-0.15, -0.1) is 0 Å². The number of likely N-dealkylation sites (tertiary alicyclic amines) is 1. The SMILES string of the molecule is COCO[C@@H](CCO)[C@H]1[C@@H](OCc2ccccc2)[C@H](OCc2ccccc2)[C@@H](COCc2ccccc2)N1C(=O)OC(C)(C)C. The summed E-state index contributed by atoms with van der Waals surface area (Å²) in [7, 11) is 1.53. The molecule has 1 N–H and O–H groups in total. The molecule has 1 amide bonds. The van der Waals surface area contributed by atoms with E-state index in [4.69, 9.17) is 28.4 Å². The zero-order valence-electron chi connectivity index (χ0n) is 26.7. The molecule has 0 radical (unpaired) electrons. The number of hydrogen-bond donors (Lipinski definition) is 1. The highest BCUT2D eigenvalue weighted by Crippen LogP contribution is 2.37. The van der Waals surface area contributed by atoms with Crippen LogP contribution in [0, 0.1) is 0 Å². The molecule has 1 aliphatic heterocycles. The number of benzene rings is 3. The molecule has 4 rings (SSSR count). The smallest absolute Gasteiger partial charge is 0.411 e. The van der Waals surface area contributed by atoms with E-state index in [1.807, 2.05) is 112 Å². The first-order chi connectivity index (χ1) is 21.8. The summed E-state index contributed by atoms with van der Waals surface area (Å²) in [6.07, 6.45) is -2.22. The van der Waals surface area contributed by atoms with E-state index in [2.05, 4.69) is 0 Å². The molecular weight excluding hydrogens is 574 g/mol. The third kappa shape index (κ3) is 10.4. The summed E-state index contributed by atoms with van der Waals surface area (Å²) < 4.78 is 37.0. The maximum Gasteiger partial charge on any atom is 0.411 e. The van der Waals surface area contributed by atoms with Crippen molar-refractivity contribution in [3.05, 3.63) is 108 Å². The van der Waals surface area contributed by atoms with Gasteiger partial charge < -0.3 is 33.5 Å². The summed E-state index contributed by atoms with van der Waals surface area (Å²) in [5.74, 6) is 0. The van der Waals surface area contributed by atoms with E-state index < -0.39 is 42.1 Å². The fourth-order valence-corrected chi connectivity index (χ4v) is 5.53. The minimum absolute atomic E-state index is 0.0283. The van der Waals surface area contributed by atoms with Crippen molar-refractivity contribution in [2.45, 2.75) is 83.0 Å². The van der Waals surface area contributed by atoms with Crippen molar-refractivity contribution in [2.24, 2.45) is 0 Å². The summed E-state index contributed by atoms with van der Waals surface area (Å²) in [4.78, 5) is 15.8. The maximum atomic E-state index is 14.1. The summed E-state index contributed by atoms with van der Waals surface area (Å²) in [5, 5.41) is 10.1. The van der Waals surface area contributed by atoms with Crippen LogP contribution in [-0.2, 0) is 48.2 Å². The molecule has 244 valence electrons. The Balaban J connectivity index is 1.74. The van der Waals surface area contributed by atoms with Crippen LogP contribution in [0.3, 0.4) is 0 Å². The topological polar surface area (TPSA) is 95.9 Å². The molecule has 0 bridgehead atoms. The van der Waals surface area contributed by atoms with Crippen LogP contribution in [0.25, 0.3) is 0 Å². The molecule has 3 aromatic rings. The van der Waals surface area contributed by atoms with Gasteiger partial charge >= 0.3 is 6.09 Å². The van der Waals surface area contributed by atoms with Gasteiger partial charge in [0.05, 0.1) is 44.6 Å². The van der Waals surface area contributed by atoms with Gasteiger partial charge in [-0.2, -0.15) is 0 Å². The molecule has 9 heteroatoms. The van der Waals surface area contributed by atoms with E-state index in [1.165, 1.54) is 7.11 Å². The lowest BCUT2D eigenvalue weighted by Crippen LogP contribution is -2.53. The fourth-order valence-electron chi connectivity index (χ4n) is 5.53. The minimum atomic E-state index is -0.764. The standard InChI is InChI=1S/C36H47NO8/c1-36(2,3)45-35(39)37-30(25-41-22-27-14-8-5-9-15-27)33(42-23-28-16-10-6-11-17-28)34(43-24-29-18-12-7-13-19-29)32(37)31(20-21-38)44-26-40-4/h5-19,30-34,38H,20-26H2,1-4H3/t30-,31+,32+,33-,34-/m1/s1. The van der Waals surface area contributed by atoms with Crippen LogP contribution in [0.1, 0.15) is 43.9 Å². The van der Waals surface area contributed by atoms with Gasteiger partial charge in [0.1, 0.15) is 24.6 Å². The number of carbonyl (C=O) groups excluding carboxylic acids is 1. The second kappa shape index (κ2) is 17.4. The van der Waals surface area contributed by atoms with Gasteiger partial charge in [-0.05, 0) is 43.9 Å². The van der Waals surface area contributed by atoms with Crippen molar-refractivity contribution in [1.82, 2.24) is 4.90 Å². The van der Waals surface area contributed by atoms with Crippen LogP contribution in [0.2, 0.25) is 0 Å². The lowest BCUT2D eigenvalue weighted by atomic mass is 10.0. The fraction of sp³-hybridized carbons (Fsp3) is 0.472. The van der Waals surface area contributed by atoms with Crippen LogP contribution in [-0.4, -0.2) is 79.2 Å². The molecule has 1 fully saturated rings. The number of ether oxygens (including phenoxy) is 6. The molecule has 45 heavy (non-hydrogen) atoms. The first kappa shape index (κ1) is 34.6. The van der Waals surface area contributed by atoms with E-state index in [9.17, 15) is 9.90 Å². The van der Waals surface area contributed by atoms with E-state index in [0.717, 1.165) is 16.7 Å². The lowest BCUT2D eigenvalue weighted by Gasteiger charge is -2.36. The Morgan fingerprint density at radius 2 is 1.31 bits per heavy atom. The van der Waals surface area contributed by atoms with E-state index in [-0.39, 0.29) is 33.0 Å². The van der Waals surface area contributed by atoms with Crippen molar-refractivity contribution >= 4 is 6.09 Å². The molecule has 0 unspecified atom stereocenters. The van der Waals surface area contributed by atoms with Crippen LogP contribution >= 0.6 is 0 Å². The lowest BCUT2D eigenvalue weighted by molar-refractivity contribution is -0.133. The highest BCUT2D eigenvalue weighted by molar-refractivity contribution is 5.70. The Morgan fingerprint density at radius 3 is 1.80 bits per heavy atom. The summed E-state index contributed by atoms with van der Waals surface area (Å²) >= 11 is 0. The largest absolute Gasteiger partial charge is 0.444 e. The highest BCUT2D eigenvalue weighted by atomic mass is 16.7. The molecule has 1 saturated heterocycles. The Hall–Kier alpha value is -3.31. The third-order valence-corrected chi connectivity index (χ3v) is 7.49. The predicted octanol–water partition coefficient (Wildman–Crippen LogP) is 5.73. The molecule has 1 aliphatic rings. The molecular formula is C36H47NO8. The number of aliphatic hydroxyl groups excluding tert-OH is 1. The monoisotopic (exact) mass is 621 g/mol. The normalized spacial score (nSPS) is 20.7. The Bertz CT molecular complexity index is 1250. The van der Waals surface area contributed by atoms with Gasteiger partial charge in [-0.25, -0.2) is 4.79 Å². The van der Waals surface area contributed by atoms with Crippen molar-refractivity contribution in [1.29, 1.82) is 0 Å². The zero-order chi connectivity index (χ0) is 32.1. The van der Waals surface area contributed by atoms with Crippen LogP contribution in [0.15, 0.2) is 91.0 Å². The second-order valence-electron chi connectivity index (χ2n) is 12.1. The number of hydrogen-bond acceptors (Lipinski definition) is 8. The summed E-state index contributed by atoms with van der Waals surface area (Å²) in [5.41, 5.74) is 2.21. The molecule has 0 spiro atoms. The van der Waals surface area contributed by atoms with Gasteiger partial charge in [0.15, 0.2) is 0 Å². The first-order valence-corrected chi connectivity index (χ1v) is 15.5. The quantitative estimate of drug-likeness (QED) is 0.203. The molecule has 3 aromatic carbocycles.